The number of carbonyl (C=O) groups is 2. The number of rotatable bonds is 9. The first-order valence-corrected chi connectivity index (χ1v) is 14.1. The van der Waals surface area contributed by atoms with Gasteiger partial charge < -0.3 is 25.8 Å². The largest absolute Gasteiger partial charge is 0.360 e. The van der Waals surface area contributed by atoms with Gasteiger partial charge in [0.05, 0.1) is 16.9 Å². The fraction of sp³-hybridized carbons (Fsp3) is 0.290. The molecular formula is C31H34ClN7O2. The molecule has 212 valence electrons. The highest BCUT2D eigenvalue weighted by Crippen LogP contribution is 2.33. The summed E-state index contributed by atoms with van der Waals surface area (Å²) in [6, 6.07) is 15.2. The summed E-state index contributed by atoms with van der Waals surface area (Å²) in [5, 5.41) is 10.8. The second kappa shape index (κ2) is 13.0. The van der Waals surface area contributed by atoms with Gasteiger partial charge in [-0.05, 0) is 63.7 Å². The molecule has 0 unspecified atom stereocenters. The summed E-state index contributed by atoms with van der Waals surface area (Å²) in [6.07, 6.45) is 10.2. The molecule has 0 radical (unpaired) electrons. The number of hydrogen-bond donors (Lipinski definition) is 4. The van der Waals surface area contributed by atoms with E-state index in [1.165, 1.54) is 6.08 Å². The van der Waals surface area contributed by atoms with Gasteiger partial charge in [0, 0.05) is 58.6 Å². The zero-order valence-corrected chi connectivity index (χ0v) is 23.9. The van der Waals surface area contributed by atoms with Gasteiger partial charge >= 0.3 is 0 Å². The SMILES string of the molecule is CN(C)CC=CC(=O)Nc1ccc(NC(=O)[C@H]2CCC[C@@H](Nc3ncc(Cl)c(-c4c[nH]c5ccccc45)n3)C2)cc1. The molecule has 10 heteroatoms. The minimum atomic E-state index is -0.192. The summed E-state index contributed by atoms with van der Waals surface area (Å²) < 4.78 is 0. The van der Waals surface area contributed by atoms with E-state index in [0.717, 1.165) is 35.7 Å². The van der Waals surface area contributed by atoms with Gasteiger partial charge in [0.15, 0.2) is 0 Å². The van der Waals surface area contributed by atoms with E-state index in [4.69, 9.17) is 16.6 Å². The molecule has 1 aliphatic rings. The number of anilines is 3. The Hall–Kier alpha value is -4.21. The third-order valence-electron chi connectivity index (χ3n) is 7.13. The molecule has 1 fully saturated rings. The number of nitrogens with one attached hydrogen (secondary N) is 4. The van der Waals surface area contributed by atoms with Crippen molar-refractivity contribution in [1.82, 2.24) is 19.9 Å². The first-order valence-electron chi connectivity index (χ1n) is 13.7. The van der Waals surface area contributed by atoms with Crippen LogP contribution in [0.2, 0.25) is 5.02 Å². The highest BCUT2D eigenvalue weighted by molar-refractivity contribution is 6.33. The summed E-state index contributed by atoms with van der Waals surface area (Å²) in [6.45, 7) is 0.689. The van der Waals surface area contributed by atoms with Crippen LogP contribution in [0.1, 0.15) is 25.7 Å². The lowest BCUT2D eigenvalue weighted by Crippen LogP contribution is -2.34. The van der Waals surface area contributed by atoms with Crippen molar-refractivity contribution in [2.24, 2.45) is 5.92 Å². The lowest BCUT2D eigenvalue weighted by atomic mass is 9.85. The number of halogens is 1. The number of aromatic nitrogens is 3. The molecule has 4 aromatic rings. The standard InChI is InChI=1S/C31H34ClN7O2/c1-39(2)16-6-11-28(40)35-21-12-14-22(15-13-21)36-30(41)20-7-5-8-23(17-20)37-31-34-19-26(32)29(38-31)25-18-33-27-10-4-3-9-24(25)27/h3-4,6,9-15,18-20,23,33H,5,7-8,16-17H2,1-2H3,(H,35,40)(H,36,41)(H,34,37,38)/t20-,23+/m0/s1. The Kier molecular flexibility index (Phi) is 8.96. The molecule has 2 atom stereocenters. The number of nitrogens with zero attached hydrogens (tertiary/aromatic N) is 3. The molecule has 0 saturated heterocycles. The van der Waals surface area contributed by atoms with Crippen molar-refractivity contribution < 1.29 is 9.59 Å². The maximum Gasteiger partial charge on any atom is 0.248 e. The van der Waals surface area contributed by atoms with E-state index in [2.05, 4.69) is 25.9 Å². The molecule has 2 amide bonds. The molecule has 1 saturated carbocycles. The van der Waals surface area contributed by atoms with Crippen molar-refractivity contribution in [3.05, 3.63) is 78.1 Å². The molecular weight excluding hydrogens is 538 g/mol. The number of fused-ring (bicyclic) bond motifs is 1. The van der Waals surface area contributed by atoms with Crippen LogP contribution >= 0.6 is 11.6 Å². The Balaban J connectivity index is 1.17. The van der Waals surface area contributed by atoms with Crippen molar-refractivity contribution in [3.8, 4) is 11.3 Å². The number of carbonyl (C=O) groups excluding carboxylic acids is 2. The minimum absolute atomic E-state index is 0.0172. The van der Waals surface area contributed by atoms with Gasteiger partial charge in [-0.25, -0.2) is 9.97 Å². The van der Waals surface area contributed by atoms with Crippen LogP contribution in [0.5, 0.6) is 0 Å². The third-order valence-corrected chi connectivity index (χ3v) is 7.40. The smallest absolute Gasteiger partial charge is 0.248 e. The van der Waals surface area contributed by atoms with Gasteiger partial charge in [-0.2, -0.15) is 0 Å². The maximum atomic E-state index is 13.1. The van der Waals surface area contributed by atoms with Crippen molar-refractivity contribution in [2.45, 2.75) is 31.7 Å². The van der Waals surface area contributed by atoms with E-state index in [1.54, 1.807) is 36.5 Å². The van der Waals surface area contributed by atoms with Crippen molar-refractivity contribution in [2.75, 3.05) is 36.6 Å². The monoisotopic (exact) mass is 571 g/mol. The van der Waals surface area contributed by atoms with Gasteiger partial charge in [0.1, 0.15) is 0 Å². The van der Waals surface area contributed by atoms with Gasteiger partial charge in [0.2, 0.25) is 17.8 Å². The van der Waals surface area contributed by atoms with Crippen LogP contribution in [0, 0.1) is 5.92 Å². The van der Waals surface area contributed by atoms with E-state index in [1.807, 2.05) is 49.5 Å². The molecule has 9 nitrogen and oxygen atoms in total. The van der Waals surface area contributed by atoms with E-state index < -0.39 is 0 Å². The van der Waals surface area contributed by atoms with Crippen LogP contribution in [0.25, 0.3) is 22.2 Å². The van der Waals surface area contributed by atoms with Crippen LogP contribution in [0.4, 0.5) is 17.3 Å². The number of hydrogen-bond acceptors (Lipinski definition) is 6. The van der Waals surface area contributed by atoms with E-state index in [0.29, 0.717) is 41.0 Å². The quantitative estimate of drug-likeness (QED) is 0.185. The number of para-hydroxylation sites is 1. The fourth-order valence-electron chi connectivity index (χ4n) is 5.07. The second-order valence-electron chi connectivity index (χ2n) is 10.6. The zero-order valence-electron chi connectivity index (χ0n) is 23.2. The lowest BCUT2D eigenvalue weighted by Gasteiger charge is -2.29. The van der Waals surface area contributed by atoms with Crippen LogP contribution < -0.4 is 16.0 Å². The lowest BCUT2D eigenvalue weighted by molar-refractivity contribution is -0.120. The number of likely N-dealkylation sites (N-methyl/N-ethyl adjacent to an activating group) is 1. The molecule has 2 aromatic heterocycles. The van der Waals surface area contributed by atoms with Crippen molar-refractivity contribution >= 4 is 51.6 Å². The Labute approximate surface area is 244 Å². The van der Waals surface area contributed by atoms with Gasteiger partial charge in [-0.1, -0.05) is 42.3 Å². The normalized spacial score (nSPS) is 17.2. The Morgan fingerprint density at radius 2 is 1.83 bits per heavy atom. The highest BCUT2D eigenvalue weighted by Gasteiger charge is 2.28. The topological polar surface area (TPSA) is 115 Å². The highest BCUT2D eigenvalue weighted by atomic mass is 35.5. The van der Waals surface area contributed by atoms with Crippen LogP contribution in [-0.2, 0) is 9.59 Å². The van der Waals surface area contributed by atoms with Gasteiger partial charge in [0.25, 0.3) is 0 Å². The first-order chi connectivity index (χ1) is 19.9. The number of amides is 2. The summed E-state index contributed by atoms with van der Waals surface area (Å²) >= 11 is 6.49. The number of aromatic amines is 1. The average Bonchev–Trinajstić information content (AvgIpc) is 3.39. The Morgan fingerprint density at radius 1 is 1.07 bits per heavy atom. The van der Waals surface area contributed by atoms with E-state index >= 15 is 0 Å². The number of benzene rings is 2. The van der Waals surface area contributed by atoms with Crippen LogP contribution in [-0.4, -0.2) is 58.3 Å². The summed E-state index contributed by atoms with van der Waals surface area (Å²) in [4.78, 5) is 39.6. The molecule has 0 spiro atoms. The summed E-state index contributed by atoms with van der Waals surface area (Å²) in [5.41, 5.74) is 3.95. The third kappa shape index (κ3) is 7.31. The van der Waals surface area contributed by atoms with Crippen molar-refractivity contribution in [1.29, 1.82) is 0 Å². The molecule has 41 heavy (non-hydrogen) atoms. The van der Waals surface area contributed by atoms with E-state index in [9.17, 15) is 9.59 Å². The molecule has 5 rings (SSSR count). The van der Waals surface area contributed by atoms with Gasteiger partial charge in [-0.15, -0.1) is 0 Å². The predicted molar refractivity (Wildman–Crippen MR) is 165 cm³/mol. The average molecular weight is 572 g/mol. The molecule has 1 aliphatic carbocycles. The zero-order chi connectivity index (χ0) is 28.8. The predicted octanol–water partition coefficient (Wildman–Crippen LogP) is 5.94. The molecule has 2 aromatic carbocycles. The minimum Gasteiger partial charge on any atom is -0.360 e. The maximum absolute atomic E-state index is 13.1. The van der Waals surface area contributed by atoms with Crippen molar-refractivity contribution in [3.63, 3.8) is 0 Å². The Bertz CT molecular complexity index is 1550. The van der Waals surface area contributed by atoms with E-state index in [-0.39, 0.29) is 23.8 Å². The second-order valence-corrected chi connectivity index (χ2v) is 11.0. The van der Waals surface area contributed by atoms with Crippen LogP contribution in [0.3, 0.4) is 0 Å². The molecule has 2 heterocycles. The molecule has 4 N–H and O–H groups in total. The summed E-state index contributed by atoms with van der Waals surface area (Å²) in [7, 11) is 3.88. The fourth-order valence-corrected chi connectivity index (χ4v) is 5.26. The first kappa shape index (κ1) is 28.3. The summed E-state index contributed by atoms with van der Waals surface area (Å²) in [5.74, 6) is 0.150. The molecule has 0 bridgehead atoms. The molecule has 0 aliphatic heterocycles. The Morgan fingerprint density at radius 3 is 2.61 bits per heavy atom. The van der Waals surface area contributed by atoms with Gasteiger partial charge in [-0.3, -0.25) is 9.59 Å². The van der Waals surface area contributed by atoms with Crippen LogP contribution in [0.15, 0.2) is 73.1 Å². The number of H-pyrrole nitrogens is 1.